The molecule has 1 aliphatic rings. The molecule has 0 bridgehead atoms. The number of aliphatic hydroxyl groups is 2. The molecule has 3 atom stereocenters. The molecule has 3 N–H and O–H groups in total. The molecule has 0 radical (unpaired) electrons. The van der Waals surface area contributed by atoms with Gasteiger partial charge in [-0.3, -0.25) is 9.36 Å². The molecule has 1 aliphatic heterocycles. The van der Waals surface area contributed by atoms with E-state index in [-0.39, 0.29) is 5.82 Å². The van der Waals surface area contributed by atoms with Gasteiger partial charge in [0.15, 0.2) is 6.10 Å². The topological polar surface area (TPSA) is 131 Å². The number of carbonyl (C=O) groups excluding carboxylic acids is 2. The molecule has 24 heavy (non-hydrogen) atoms. The third kappa shape index (κ3) is 2.90. The minimum atomic E-state index is -1.72. The van der Waals surface area contributed by atoms with Gasteiger partial charge in [0.2, 0.25) is 6.23 Å². The molecule has 1 amide bonds. The van der Waals surface area contributed by atoms with Gasteiger partial charge < -0.3 is 20.3 Å². The fourth-order valence-electron chi connectivity index (χ4n) is 2.23. The second kappa shape index (κ2) is 6.22. The summed E-state index contributed by atoms with van der Waals surface area (Å²) in [6, 6.07) is 9.67. The monoisotopic (exact) mass is 331 g/mol. The zero-order chi connectivity index (χ0) is 17.3. The third-order valence-electron chi connectivity index (χ3n) is 3.48. The molecule has 9 nitrogen and oxygen atoms in total. The summed E-state index contributed by atoms with van der Waals surface area (Å²) in [6.07, 6.45) is -3.47. The van der Waals surface area contributed by atoms with Crippen molar-refractivity contribution in [3.05, 3.63) is 58.6 Å². The molecule has 1 saturated heterocycles. The van der Waals surface area contributed by atoms with Gasteiger partial charge in [0.25, 0.3) is 5.91 Å². The van der Waals surface area contributed by atoms with Gasteiger partial charge in [-0.25, -0.2) is 9.59 Å². The molecule has 2 heterocycles. The first kappa shape index (κ1) is 15.8. The molecule has 3 rings (SSSR count). The predicted molar refractivity (Wildman–Crippen MR) is 80.0 cm³/mol. The van der Waals surface area contributed by atoms with Crippen LogP contribution in [0.4, 0.5) is 5.82 Å². The predicted octanol–water partition coefficient (Wildman–Crippen LogP) is -0.727. The lowest BCUT2D eigenvalue weighted by Gasteiger charge is -2.16. The van der Waals surface area contributed by atoms with Crippen molar-refractivity contribution in [3.63, 3.8) is 0 Å². The summed E-state index contributed by atoms with van der Waals surface area (Å²) in [5.74, 6) is -1.46. The van der Waals surface area contributed by atoms with Crippen molar-refractivity contribution in [3.8, 4) is 0 Å². The number of anilines is 1. The minimum absolute atomic E-state index is 0.00413. The van der Waals surface area contributed by atoms with Crippen LogP contribution >= 0.6 is 0 Å². The smallest absolute Gasteiger partial charge is 0.352 e. The molecule has 1 aromatic carbocycles. The fraction of sp³-hybridized carbons (Fsp3) is 0.200. The molecule has 124 valence electrons. The van der Waals surface area contributed by atoms with Gasteiger partial charge in [-0.2, -0.15) is 4.98 Å². The number of hydrogen-bond donors (Lipinski definition) is 3. The van der Waals surface area contributed by atoms with Crippen LogP contribution in [0.3, 0.4) is 0 Å². The van der Waals surface area contributed by atoms with Crippen LogP contribution in [0.2, 0.25) is 0 Å². The summed E-state index contributed by atoms with van der Waals surface area (Å²) in [5.41, 5.74) is -0.460. The van der Waals surface area contributed by atoms with Crippen LogP contribution in [0.1, 0.15) is 16.6 Å². The number of nitrogens with zero attached hydrogens (tertiary/aromatic N) is 2. The average Bonchev–Trinajstić information content (AvgIpc) is 2.83. The van der Waals surface area contributed by atoms with Crippen LogP contribution in [0, 0.1) is 0 Å². The number of esters is 1. The summed E-state index contributed by atoms with van der Waals surface area (Å²) < 4.78 is 5.60. The lowest BCUT2D eigenvalue weighted by Crippen LogP contribution is -2.35. The quantitative estimate of drug-likeness (QED) is 0.632. The number of carbonyl (C=O) groups is 2. The van der Waals surface area contributed by atoms with Crippen molar-refractivity contribution in [2.24, 2.45) is 0 Å². The van der Waals surface area contributed by atoms with E-state index in [4.69, 9.17) is 4.74 Å². The summed E-state index contributed by atoms with van der Waals surface area (Å²) in [7, 11) is 0. The molecular formula is C15H13N3O6. The summed E-state index contributed by atoms with van der Waals surface area (Å²) in [4.78, 5) is 38.9. The number of hydrogen-bond acceptors (Lipinski definition) is 7. The number of ether oxygens (including phenoxy) is 1. The molecule has 0 saturated carbocycles. The maximum atomic E-state index is 12.0. The molecule has 1 fully saturated rings. The second-order valence-electron chi connectivity index (χ2n) is 5.09. The number of amides is 1. The van der Waals surface area contributed by atoms with Gasteiger partial charge in [0, 0.05) is 11.8 Å². The van der Waals surface area contributed by atoms with E-state index in [1.807, 2.05) is 0 Å². The molecular weight excluding hydrogens is 318 g/mol. The average molecular weight is 331 g/mol. The van der Waals surface area contributed by atoms with Crippen LogP contribution in [-0.4, -0.2) is 43.8 Å². The van der Waals surface area contributed by atoms with E-state index in [0.717, 1.165) is 4.57 Å². The Bertz CT molecular complexity index is 835. The highest BCUT2D eigenvalue weighted by Crippen LogP contribution is 2.23. The standard InChI is InChI=1S/C15H13N3O6/c19-10-11(20)14(22)24-13(10)18-7-6-9(17-15(18)23)16-12(21)8-4-2-1-3-5-8/h1-7,10-11,13,19-20H,(H,16,17,21,23)/t10-,11+,13-/m1/s1. The summed E-state index contributed by atoms with van der Waals surface area (Å²) in [5, 5.41) is 21.5. The van der Waals surface area contributed by atoms with Crippen LogP contribution in [0.15, 0.2) is 47.4 Å². The van der Waals surface area contributed by atoms with Crippen LogP contribution < -0.4 is 11.0 Å². The first-order valence-corrected chi connectivity index (χ1v) is 6.99. The maximum absolute atomic E-state index is 12.0. The lowest BCUT2D eigenvalue weighted by molar-refractivity contribution is -0.149. The molecule has 0 spiro atoms. The molecule has 0 unspecified atom stereocenters. The lowest BCUT2D eigenvalue weighted by atomic mass is 10.2. The Balaban J connectivity index is 1.80. The molecule has 0 aliphatic carbocycles. The number of nitrogens with one attached hydrogen (secondary N) is 1. The SMILES string of the molecule is O=C(Nc1ccn([C@@H]2OC(=O)[C@@H](O)[C@H]2O)c(=O)n1)c1ccccc1. The van der Waals surface area contributed by atoms with Crippen LogP contribution in [0.25, 0.3) is 0 Å². The van der Waals surface area contributed by atoms with E-state index in [0.29, 0.717) is 5.56 Å². The normalized spacial score (nSPS) is 22.9. The van der Waals surface area contributed by atoms with Crippen molar-refractivity contribution in [2.45, 2.75) is 18.4 Å². The molecule has 9 heteroatoms. The number of rotatable bonds is 3. The van der Waals surface area contributed by atoms with Crippen molar-refractivity contribution in [1.29, 1.82) is 0 Å². The van der Waals surface area contributed by atoms with E-state index in [9.17, 15) is 24.6 Å². The Labute approximate surface area is 135 Å². The van der Waals surface area contributed by atoms with Gasteiger partial charge in [0.05, 0.1) is 0 Å². The largest absolute Gasteiger partial charge is 0.436 e. The van der Waals surface area contributed by atoms with Crippen LogP contribution in [0.5, 0.6) is 0 Å². The first-order chi connectivity index (χ1) is 11.5. The third-order valence-corrected chi connectivity index (χ3v) is 3.48. The van der Waals surface area contributed by atoms with Crippen molar-refractivity contribution in [1.82, 2.24) is 9.55 Å². The molecule has 1 aromatic heterocycles. The Morgan fingerprint density at radius 3 is 2.46 bits per heavy atom. The highest BCUT2D eigenvalue weighted by Gasteiger charge is 2.44. The van der Waals surface area contributed by atoms with Gasteiger partial charge in [-0.1, -0.05) is 18.2 Å². The number of aromatic nitrogens is 2. The second-order valence-corrected chi connectivity index (χ2v) is 5.09. The van der Waals surface area contributed by atoms with Crippen molar-refractivity contribution >= 4 is 17.7 Å². The van der Waals surface area contributed by atoms with Gasteiger partial charge >= 0.3 is 11.7 Å². The Morgan fingerprint density at radius 2 is 1.88 bits per heavy atom. The Hall–Kier alpha value is -3.04. The Kier molecular flexibility index (Phi) is 4.11. The summed E-state index contributed by atoms with van der Waals surface area (Å²) >= 11 is 0. The van der Waals surface area contributed by atoms with Crippen molar-refractivity contribution in [2.75, 3.05) is 5.32 Å². The number of cyclic esters (lactones) is 1. The maximum Gasteiger partial charge on any atom is 0.352 e. The zero-order valence-electron chi connectivity index (χ0n) is 12.2. The van der Waals surface area contributed by atoms with Gasteiger partial charge in [-0.15, -0.1) is 0 Å². The van der Waals surface area contributed by atoms with E-state index in [1.54, 1.807) is 30.3 Å². The molecule has 2 aromatic rings. The number of aliphatic hydroxyl groups excluding tert-OH is 2. The van der Waals surface area contributed by atoms with E-state index in [1.165, 1.54) is 12.3 Å². The fourth-order valence-corrected chi connectivity index (χ4v) is 2.23. The first-order valence-electron chi connectivity index (χ1n) is 6.99. The van der Waals surface area contributed by atoms with E-state index >= 15 is 0 Å². The van der Waals surface area contributed by atoms with Gasteiger partial charge in [-0.05, 0) is 18.2 Å². The number of benzene rings is 1. The van der Waals surface area contributed by atoms with Crippen LogP contribution in [-0.2, 0) is 9.53 Å². The van der Waals surface area contributed by atoms with E-state index in [2.05, 4.69) is 10.3 Å². The summed E-state index contributed by atoms with van der Waals surface area (Å²) in [6.45, 7) is 0. The Morgan fingerprint density at radius 1 is 1.17 bits per heavy atom. The van der Waals surface area contributed by atoms with E-state index < -0.39 is 36.0 Å². The van der Waals surface area contributed by atoms with Gasteiger partial charge in [0.1, 0.15) is 11.9 Å². The van der Waals surface area contributed by atoms with Crippen molar-refractivity contribution < 1.29 is 24.5 Å². The highest BCUT2D eigenvalue weighted by molar-refractivity contribution is 6.03. The highest BCUT2D eigenvalue weighted by atomic mass is 16.6. The minimum Gasteiger partial charge on any atom is -0.436 e. The zero-order valence-corrected chi connectivity index (χ0v) is 12.2.